The third kappa shape index (κ3) is 5.59. The molecule has 2 nitrogen and oxygen atoms in total. The minimum atomic E-state index is -4.45. The number of aryl methyl sites for hydroxylation is 1. The summed E-state index contributed by atoms with van der Waals surface area (Å²) < 4.78 is 37.8. The average Bonchev–Trinajstić information content (AvgIpc) is 2.47. The maximum absolute atomic E-state index is 12.6. The Bertz CT molecular complexity index is 697. The van der Waals surface area contributed by atoms with E-state index in [0.29, 0.717) is 22.7 Å². The highest BCUT2D eigenvalue weighted by atomic mass is 32.2. The molecule has 1 unspecified atom stereocenters. The van der Waals surface area contributed by atoms with Crippen molar-refractivity contribution in [1.29, 1.82) is 0 Å². The van der Waals surface area contributed by atoms with Gasteiger partial charge in [0.1, 0.15) is 0 Å². The first-order chi connectivity index (χ1) is 11.2. The number of pyridine rings is 1. The van der Waals surface area contributed by atoms with E-state index in [9.17, 15) is 18.3 Å². The summed E-state index contributed by atoms with van der Waals surface area (Å²) in [5.41, 5.74) is 0.927. The summed E-state index contributed by atoms with van der Waals surface area (Å²) in [6.45, 7) is 6.52. The van der Waals surface area contributed by atoms with E-state index in [2.05, 4.69) is 17.5 Å². The van der Waals surface area contributed by atoms with Gasteiger partial charge >= 0.3 is 6.18 Å². The maximum atomic E-state index is 12.6. The number of hydrogen-bond acceptors (Lipinski definition) is 3. The van der Waals surface area contributed by atoms with E-state index in [1.807, 2.05) is 0 Å². The SMILES string of the molecule is C#CCSc1cc(/C=C/C=C(\C=C)C(F)(F)F)nc(C)c1C(C)O. The first kappa shape index (κ1) is 20.1. The standard InChI is InChI=1S/C18H18F3NOS/c1-5-10-24-16-11-15(22-12(3)17(16)13(4)23)9-7-8-14(6-2)18(19,20)21/h1,6-9,11,13,23H,2,10H2,3-4H3/b9-7+,14-8+. The molecule has 1 aromatic heterocycles. The highest BCUT2D eigenvalue weighted by molar-refractivity contribution is 7.99. The van der Waals surface area contributed by atoms with Crippen molar-refractivity contribution in [2.24, 2.45) is 0 Å². The van der Waals surface area contributed by atoms with Crippen LogP contribution in [0.4, 0.5) is 13.2 Å². The van der Waals surface area contributed by atoms with Crippen molar-refractivity contribution < 1.29 is 18.3 Å². The molecule has 1 atom stereocenters. The van der Waals surface area contributed by atoms with Gasteiger partial charge < -0.3 is 5.11 Å². The molecular weight excluding hydrogens is 335 g/mol. The summed E-state index contributed by atoms with van der Waals surface area (Å²) in [5, 5.41) is 9.88. The summed E-state index contributed by atoms with van der Waals surface area (Å²) in [5.74, 6) is 2.92. The topological polar surface area (TPSA) is 33.1 Å². The first-order valence-electron chi connectivity index (χ1n) is 7.04. The van der Waals surface area contributed by atoms with E-state index in [1.54, 1.807) is 19.9 Å². The average molecular weight is 353 g/mol. The molecule has 6 heteroatoms. The lowest BCUT2D eigenvalue weighted by Gasteiger charge is -2.14. The number of rotatable bonds is 6. The monoisotopic (exact) mass is 353 g/mol. The van der Waals surface area contributed by atoms with Crippen LogP contribution < -0.4 is 0 Å². The lowest BCUT2D eigenvalue weighted by molar-refractivity contribution is -0.0881. The molecule has 0 saturated heterocycles. The van der Waals surface area contributed by atoms with E-state index in [0.717, 1.165) is 17.0 Å². The number of hydrogen-bond donors (Lipinski definition) is 1. The van der Waals surface area contributed by atoms with Crippen LogP contribution in [0, 0.1) is 19.3 Å². The van der Waals surface area contributed by atoms with E-state index in [4.69, 9.17) is 6.42 Å². The number of allylic oxidation sites excluding steroid dienone is 4. The van der Waals surface area contributed by atoms with Gasteiger partial charge in [0, 0.05) is 16.2 Å². The molecule has 24 heavy (non-hydrogen) atoms. The molecule has 0 amide bonds. The minimum absolute atomic E-state index is 0.418. The van der Waals surface area contributed by atoms with Crippen molar-refractivity contribution in [3.63, 3.8) is 0 Å². The molecule has 1 aromatic rings. The number of nitrogens with zero attached hydrogens (tertiary/aromatic N) is 1. The van der Waals surface area contributed by atoms with Crippen LogP contribution >= 0.6 is 11.8 Å². The molecule has 0 fully saturated rings. The van der Waals surface area contributed by atoms with Gasteiger partial charge in [-0.1, -0.05) is 24.7 Å². The maximum Gasteiger partial charge on any atom is 0.416 e. The fourth-order valence-corrected chi connectivity index (χ4v) is 2.95. The van der Waals surface area contributed by atoms with Crippen molar-refractivity contribution in [3.05, 3.63) is 53.4 Å². The Kier molecular flexibility index (Phi) is 7.33. The van der Waals surface area contributed by atoms with Gasteiger partial charge in [0.05, 0.1) is 23.1 Å². The second-order valence-corrected chi connectivity index (χ2v) is 5.91. The predicted octanol–water partition coefficient (Wildman–Crippen LogP) is 4.86. The van der Waals surface area contributed by atoms with Gasteiger partial charge in [0.15, 0.2) is 0 Å². The minimum Gasteiger partial charge on any atom is -0.389 e. The van der Waals surface area contributed by atoms with E-state index in [-0.39, 0.29) is 0 Å². The fraction of sp³-hybridized carbons (Fsp3) is 0.278. The summed E-state index contributed by atoms with van der Waals surface area (Å²) in [7, 11) is 0. The number of halogens is 3. The Balaban J connectivity index is 3.20. The van der Waals surface area contributed by atoms with Gasteiger partial charge in [-0.2, -0.15) is 13.2 Å². The molecule has 0 saturated carbocycles. The van der Waals surface area contributed by atoms with Crippen LogP contribution in [0.5, 0.6) is 0 Å². The number of terminal acetylenes is 1. The molecular formula is C18H18F3NOS. The van der Waals surface area contributed by atoms with Gasteiger partial charge in [-0.15, -0.1) is 18.2 Å². The summed E-state index contributed by atoms with van der Waals surface area (Å²) in [4.78, 5) is 5.06. The lowest BCUT2D eigenvalue weighted by atomic mass is 10.1. The van der Waals surface area contributed by atoms with E-state index < -0.39 is 17.9 Å². The third-order valence-corrected chi connectivity index (χ3v) is 4.01. The third-order valence-electron chi connectivity index (χ3n) is 3.05. The Hall–Kier alpha value is -1.97. The van der Waals surface area contributed by atoms with Crippen molar-refractivity contribution in [2.75, 3.05) is 5.75 Å². The van der Waals surface area contributed by atoms with E-state index >= 15 is 0 Å². The predicted molar refractivity (Wildman–Crippen MR) is 92.5 cm³/mol. The smallest absolute Gasteiger partial charge is 0.389 e. The molecule has 1 rings (SSSR count). The summed E-state index contributed by atoms with van der Waals surface area (Å²) in [6, 6.07) is 1.70. The van der Waals surface area contributed by atoms with Crippen LogP contribution in [-0.2, 0) is 0 Å². The van der Waals surface area contributed by atoms with Crippen LogP contribution in [0.1, 0.15) is 30.0 Å². The molecule has 0 aromatic carbocycles. The zero-order valence-corrected chi connectivity index (χ0v) is 14.2. The molecule has 0 spiro atoms. The Labute approximate surface area is 144 Å². The Morgan fingerprint density at radius 3 is 2.71 bits per heavy atom. The van der Waals surface area contributed by atoms with Crippen molar-refractivity contribution in [3.8, 4) is 12.3 Å². The van der Waals surface area contributed by atoms with Gasteiger partial charge in [-0.05, 0) is 32.1 Å². The fourth-order valence-electron chi connectivity index (χ4n) is 2.04. The molecule has 0 aliphatic heterocycles. The number of aliphatic hydroxyl groups excluding tert-OH is 1. The van der Waals surface area contributed by atoms with Crippen LogP contribution in [-0.4, -0.2) is 22.0 Å². The van der Waals surface area contributed by atoms with E-state index in [1.165, 1.54) is 23.9 Å². The second-order valence-electron chi connectivity index (χ2n) is 4.90. The molecule has 1 N–H and O–H groups in total. The quantitative estimate of drug-likeness (QED) is 0.451. The van der Waals surface area contributed by atoms with Gasteiger partial charge in [0.2, 0.25) is 0 Å². The number of alkyl halides is 3. The van der Waals surface area contributed by atoms with Crippen LogP contribution in [0.25, 0.3) is 6.08 Å². The largest absolute Gasteiger partial charge is 0.416 e. The lowest BCUT2D eigenvalue weighted by Crippen LogP contribution is -2.09. The van der Waals surface area contributed by atoms with Gasteiger partial charge in [-0.3, -0.25) is 4.98 Å². The van der Waals surface area contributed by atoms with Gasteiger partial charge in [0.25, 0.3) is 0 Å². The highest BCUT2D eigenvalue weighted by Crippen LogP contribution is 2.31. The highest BCUT2D eigenvalue weighted by Gasteiger charge is 2.30. The Morgan fingerprint density at radius 2 is 2.21 bits per heavy atom. The van der Waals surface area contributed by atoms with Crippen molar-refractivity contribution >= 4 is 17.8 Å². The van der Waals surface area contributed by atoms with Crippen LogP contribution in [0.2, 0.25) is 0 Å². The number of aliphatic hydroxyl groups is 1. The van der Waals surface area contributed by atoms with Crippen LogP contribution in [0.3, 0.4) is 0 Å². The number of aromatic nitrogens is 1. The molecule has 0 aliphatic rings. The molecule has 0 radical (unpaired) electrons. The normalized spacial score (nSPS) is 13.8. The first-order valence-corrected chi connectivity index (χ1v) is 8.03. The number of thioether (sulfide) groups is 1. The molecule has 1 heterocycles. The summed E-state index contributed by atoms with van der Waals surface area (Å²) in [6.07, 6.45) is 4.53. The summed E-state index contributed by atoms with van der Waals surface area (Å²) >= 11 is 1.37. The van der Waals surface area contributed by atoms with Crippen molar-refractivity contribution in [1.82, 2.24) is 4.98 Å². The molecule has 0 bridgehead atoms. The second kappa shape index (κ2) is 8.76. The van der Waals surface area contributed by atoms with Gasteiger partial charge in [-0.25, -0.2) is 0 Å². The molecule has 0 aliphatic carbocycles. The Morgan fingerprint density at radius 1 is 1.54 bits per heavy atom. The zero-order valence-electron chi connectivity index (χ0n) is 13.4. The van der Waals surface area contributed by atoms with Crippen LogP contribution in [0.15, 0.2) is 41.3 Å². The zero-order chi connectivity index (χ0) is 18.3. The van der Waals surface area contributed by atoms with Crippen molar-refractivity contribution in [2.45, 2.75) is 31.0 Å². The molecule has 128 valence electrons.